The van der Waals surface area contributed by atoms with Crippen LogP contribution in [0, 0.1) is 11.8 Å². The highest BCUT2D eigenvalue weighted by molar-refractivity contribution is 5.79. The SMILES string of the molecule is CC1CC=CCC(C)C(=O)OC(c2ccccc2)C(C)NC1=O. The second-order valence-corrected chi connectivity index (χ2v) is 6.31. The summed E-state index contributed by atoms with van der Waals surface area (Å²) >= 11 is 0. The zero-order valence-electron chi connectivity index (χ0n) is 14.0. The number of rotatable bonds is 1. The molecule has 4 nitrogen and oxygen atoms in total. The fourth-order valence-corrected chi connectivity index (χ4v) is 2.59. The minimum atomic E-state index is -0.481. The van der Waals surface area contributed by atoms with Gasteiger partial charge in [-0.2, -0.15) is 0 Å². The van der Waals surface area contributed by atoms with E-state index < -0.39 is 6.10 Å². The van der Waals surface area contributed by atoms with E-state index in [9.17, 15) is 9.59 Å². The molecule has 2 rings (SSSR count). The number of nitrogens with one attached hydrogen (secondary N) is 1. The number of hydrogen-bond acceptors (Lipinski definition) is 3. The van der Waals surface area contributed by atoms with Crippen LogP contribution in [0.15, 0.2) is 42.5 Å². The van der Waals surface area contributed by atoms with Crippen molar-refractivity contribution in [1.82, 2.24) is 5.32 Å². The third-order valence-corrected chi connectivity index (χ3v) is 4.19. The molecule has 4 unspecified atom stereocenters. The van der Waals surface area contributed by atoms with Gasteiger partial charge in [0.05, 0.1) is 12.0 Å². The summed E-state index contributed by atoms with van der Waals surface area (Å²) in [4.78, 5) is 24.6. The molecule has 0 aromatic heterocycles. The van der Waals surface area contributed by atoms with E-state index in [2.05, 4.69) is 5.32 Å². The third kappa shape index (κ3) is 4.68. The van der Waals surface area contributed by atoms with E-state index in [4.69, 9.17) is 4.74 Å². The van der Waals surface area contributed by atoms with Crippen LogP contribution in [0.25, 0.3) is 0 Å². The number of amides is 1. The van der Waals surface area contributed by atoms with Gasteiger partial charge in [0, 0.05) is 5.92 Å². The van der Waals surface area contributed by atoms with Crippen molar-refractivity contribution in [3.05, 3.63) is 48.0 Å². The molecule has 1 N–H and O–H groups in total. The predicted octanol–water partition coefficient (Wildman–Crippen LogP) is 3.40. The predicted molar refractivity (Wildman–Crippen MR) is 89.6 cm³/mol. The molecule has 124 valence electrons. The Labute approximate surface area is 137 Å². The van der Waals surface area contributed by atoms with Gasteiger partial charge < -0.3 is 10.1 Å². The van der Waals surface area contributed by atoms with Crippen molar-refractivity contribution in [3.8, 4) is 0 Å². The van der Waals surface area contributed by atoms with E-state index in [0.717, 1.165) is 5.56 Å². The van der Waals surface area contributed by atoms with Gasteiger partial charge in [0.25, 0.3) is 0 Å². The first-order valence-corrected chi connectivity index (χ1v) is 8.20. The molecule has 4 atom stereocenters. The van der Waals surface area contributed by atoms with Gasteiger partial charge in [-0.1, -0.05) is 56.3 Å². The van der Waals surface area contributed by atoms with Gasteiger partial charge in [0.1, 0.15) is 6.10 Å². The van der Waals surface area contributed by atoms with Gasteiger partial charge in [-0.15, -0.1) is 0 Å². The number of hydrogen-bond donors (Lipinski definition) is 1. The molecule has 1 amide bonds. The fraction of sp³-hybridized carbons (Fsp3) is 0.474. The van der Waals surface area contributed by atoms with Gasteiger partial charge in [-0.05, 0) is 25.3 Å². The van der Waals surface area contributed by atoms with Crippen molar-refractivity contribution in [1.29, 1.82) is 0 Å². The molecule has 0 fully saturated rings. The lowest BCUT2D eigenvalue weighted by Gasteiger charge is -2.28. The zero-order chi connectivity index (χ0) is 16.8. The lowest BCUT2D eigenvalue weighted by molar-refractivity contribution is -0.156. The summed E-state index contributed by atoms with van der Waals surface area (Å²) in [6.07, 6.45) is 4.75. The number of allylic oxidation sites excluding steroid dienone is 2. The first-order valence-electron chi connectivity index (χ1n) is 8.20. The summed E-state index contributed by atoms with van der Waals surface area (Å²) in [5, 5.41) is 2.98. The van der Waals surface area contributed by atoms with Crippen LogP contribution in [0.2, 0.25) is 0 Å². The second kappa shape index (κ2) is 7.95. The molecule has 23 heavy (non-hydrogen) atoms. The smallest absolute Gasteiger partial charge is 0.309 e. The number of esters is 1. The molecule has 0 saturated carbocycles. The lowest BCUT2D eigenvalue weighted by Crippen LogP contribution is -2.41. The number of carbonyl (C=O) groups excluding carboxylic acids is 2. The molecule has 0 aliphatic carbocycles. The quantitative estimate of drug-likeness (QED) is 0.638. The van der Waals surface area contributed by atoms with Crippen molar-refractivity contribution in [2.24, 2.45) is 11.8 Å². The molecule has 4 heteroatoms. The molecule has 0 saturated heterocycles. The molecule has 1 heterocycles. The van der Waals surface area contributed by atoms with Gasteiger partial charge >= 0.3 is 5.97 Å². The van der Waals surface area contributed by atoms with Crippen LogP contribution in [0.5, 0.6) is 0 Å². The molecule has 1 aliphatic heterocycles. The maximum atomic E-state index is 12.3. The highest BCUT2D eigenvalue weighted by atomic mass is 16.5. The molecular formula is C19H25NO3. The number of cyclic esters (lactones) is 1. The number of benzene rings is 1. The van der Waals surface area contributed by atoms with E-state index >= 15 is 0 Å². The Kier molecular flexibility index (Phi) is 5.97. The first-order chi connectivity index (χ1) is 11.0. The van der Waals surface area contributed by atoms with Crippen molar-refractivity contribution in [2.45, 2.75) is 45.8 Å². The Bertz CT molecular complexity index is 567. The molecule has 1 aromatic rings. The number of carbonyl (C=O) groups is 2. The maximum Gasteiger partial charge on any atom is 0.309 e. The Morgan fingerprint density at radius 2 is 1.57 bits per heavy atom. The van der Waals surface area contributed by atoms with Gasteiger partial charge in [-0.3, -0.25) is 9.59 Å². The second-order valence-electron chi connectivity index (χ2n) is 6.31. The van der Waals surface area contributed by atoms with Crippen LogP contribution < -0.4 is 5.32 Å². The summed E-state index contributed by atoms with van der Waals surface area (Å²) in [6, 6.07) is 9.28. The number of ether oxygens (including phenoxy) is 1. The van der Waals surface area contributed by atoms with Crippen LogP contribution in [-0.2, 0) is 14.3 Å². The van der Waals surface area contributed by atoms with Gasteiger partial charge in [0.15, 0.2) is 0 Å². The Morgan fingerprint density at radius 1 is 0.957 bits per heavy atom. The first kappa shape index (κ1) is 17.3. The van der Waals surface area contributed by atoms with Gasteiger partial charge in [0.2, 0.25) is 5.91 Å². The summed E-state index contributed by atoms with van der Waals surface area (Å²) in [6.45, 7) is 5.65. The minimum Gasteiger partial charge on any atom is -0.455 e. The van der Waals surface area contributed by atoms with Crippen LogP contribution in [-0.4, -0.2) is 17.9 Å². The van der Waals surface area contributed by atoms with Crippen LogP contribution in [0.4, 0.5) is 0 Å². The Balaban J connectivity index is 2.28. The van der Waals surface area contributed by atoms with E-state index in [1.807, 2.05) is 63.3 Å². The van der Waals surface area contributed by atoms with E-state index in [-0.39, 0.29) is 29.8 Å². The summed E-state index contributed by atoms with van der Waals surface area (Å²) < 4.78 is 5.73. The van der Waals surface area contributed by atoms with Crippen LogP contribution in [0.1, 0.15) is 45.3 Å². The minimum absolute atomic E-state index is 0.0206. The van der Waals surface area contributed by atoms with Crippen LogP contribution in [0.3, 0.4) is 0 Å². The van der Waals surface area contributed by atoms with Crippen molar-refractivity contribution in [3.63, 3.8) is 0 Å². The standard InChI is InChI=1S/C19H25NO3/c1-13-9-7-8-10-14(2)19(22)23-17(15(3)20-18(13)21)16-11-5-4-6-12-16/h4-8,11-15,17H,9-10H2,1-3H3,(H,20,21). The highest BCUT2D eigenvalue weighted by Gasteiger charge is 2.28. The molecule has 0 bridgehead atoms. The van der Waals surface area contributed by atoms with Crippen molar-refractivity contribution >= 4 is 11.9 Å². The topological polar surface area (TPSA) is 55.4 Å². The average molecular weight is 315 g/mol. The van der Waals surface area contributed by atoms with E-state index in [0.29, 0.717) is 12.8 Å². The average Bonchev–Trinajstić information content (AvgIpc) is 2.55. The Hall–Kier alpha value is -2.10. The normalized spacial score (nSPS) is 29.9. The lowest BCUT2D eigenvalue weighted by atomic mass is 9.99. The largest absolute Gasteiger partial charge is 0.455 e. The summed E-state index contributed by atoms with van der Waals surface area (Å²) in [5.74, 6) is -0.559. The molecule has 1 aliphatic rings. The molecular weight excluding hydrogens is 290 g/mol. The fourth-order valence-electron chi connectivity index (χ4n) is 2.59. The third-order valence-electron chi connectivity index (χ3n) is 4.19. The van der Waals surface area contributed by atoms with Crippen LogP contribution >= 0.6 is 0 Å². The summed E-state index contributed by atoms with van der Waals surface area (Å²) in [5.41, 5.74) is 0.890. The monoisotopic (exact) mass is 315 g/mol. The maximum absolute atomic E-state index is 12.3. The van der Waals surface area contributed by atoms with Gasteiger partial charge in [-0.25, -0.2) is 0 Å². The highest BCUT2D eigenvalue weighted by Crippen LogP contribution is 2.24. The van der Waals surface area contributed by atoms with Crippen molar-refractivity contribution in [2.75, 3.05) is 0 Å². The Morgan fingerprint density at radius 3 is 2.22 bits per heavy atom. The van der Waals surface area contributed by atoms with Crippen molar-refractivity contribution < 1.29 is 14.3 Å². The molecule has 0 radical (unpaired) electrons. The van der Waals surface area contributed by atoms with E-state index in [1.54, 1.807) is 0 Å². The summed E-state index contributed by atoms with van der Waals surface area (Å²) in [7, 11) is 0. The zero-order valence-corrected chi connectivity index (χ0v) is 14.0. The molecule has 1 aromatic carbocycles. The molecule has 0 spiro atoms. The van der Waals surface area contributed by atoms with E-state index in [1.165, 1.54) is 0 Å².